The molecule has 2 rings (SSSR count). The first-order valence-electron chi connectivity index (χ1n) is 10.1. The van der Waals surface area contributed by atoms with Gasteiger partial charge >= 0.3 is 0 Å². The highest BCUT2D eigenvalue weighted by atomic mass is 35.5. The number of nitrogens with zero attached hydrogens (tertiary/aromatic N) is 5. The maximum atomic E-state index is 11.7. The summed E-state index contributed by atoms with van der Waals surface area (Å²) in [7, 11) is 1.70. The number of nitrogens with two attached hydrogens (primary N) is 3. The lowest BCUT2D eigenvalue weighted by Crippen LogP contribution is -2.36. The molecule has 0 saturated carbocycles. The standard InChI is InChI=1S/C23H24ClN9O2/c1-29-23(16(10-25)21(27)31-13-26)30-11-20(32-19-8-4-7-18(24)17(19)12-34)33(2)15-6-3-5-14(9-15)22(28)35/h3-9,12,30H,1,11,13,26H2,2H3,(H2,27,31)(H2,28,35)/b23-16+,32-20-. The van der Waals surface area contributed by atoms with E-state index in [0.29, 0.717) is 29.1 Å². The second kappa shape index (κ2) is 12.6. The smallest absolute Gasteiger partial charge is 0.248 e. The number of anilines is 1. The van der Waals surface area contributed by atoms with E-state index in [2.05, 4.69) is 27.0 Å². The summed E-state index contributed by atoms with van der Waals surface area (Å²) in [6.07, 6.45) is 0.605. The van der Waals surface area contributed by atoms with Crippen LogP contribution < -0.4 is 27.4 Å². The number of hydrogen-bond acceptors (Lipinski definition) is 8. The Morgan fingerprint density at radius 2 is 2.00 bits per heavy atom. The van der Waals surface area contributed by atoms with Crippen molar-refractivity contribution in [3.63, 3.8) is 0 Å². The largest absolute Gasteiger partial charge is 0.383 e. The van der Waals surface area contributed by atoms with Crippen LogP contribution in [0.4, 0.5) is 11.4 Å². The molecule has 0 aromatic heterocycles. The molecule has 1 amide bonds. The Labute approximate surface area is 207 Å². The summed E-state index contributed by atoms with van der Waals surface area (Å²) < 4.78 is 0. The molecule has 0 heterocycles. The van der Waals surface area contributed by atoms with Crippen molar-refractivity contribution in [2.45, 2.75) is 0 Å². The van der Waals surface area contributed by atoms with Crippen LogP contribution in [-0.2, 0) is 0 Å². The summed E-state index contributed by atoms with van der Waals surface area (Å²) in [6, 6.07) is 13.4. The number of likely N-dealkylation sites (N-methyl/N-ethyl adjacent to an activating group) is 1. The van der Waals surface area contributed by atoms with Crippen LogP contribution in [0.3, 0.4) is 0 Å². The lowest BCUT2D eigenvalue weighted by molar-refractivity contribution is 0.1000. The Morgan fingerprint density at radius 3 is 2.60 bits per heavy atom. The van der Waals surface area contributed by atoms with Gasteiger partial charge in [-0.05, 0) is 37.0 Å². The molecule has 0 radical (unpaired) electrons. The number of primary amides is 1. The van der Waals surface area contributed by atoms with Crippen molar-refractivity contribution in [2.24, 2.45) is 32.2 Å². The van der Waals surface area contributed by atoms with Crippen LogP contribution in [0.2, 0.25) is 5.02 Å². The molecule has 0 bridgehead atoms. The maximum absolute atomic E-state index is 11.7. The van der Waals surface area contributed by atoms with E-state index >= 15 is 0 Å². The normalized spacial score (nSPS) is 12.3. The van der Waals surface area contributed by atoms with Crippen molar-refractivity contribution in [3.05, 3.63) is 70.0 Å². The summed E-state index contributed by atoms with van der Waals surface area (Å²) in [6.45, 7) is 3.36. The van der Waals surface area contributed by atoms with Crippen molar-refractivity contribution in [1.29, 1.82) is 5.26 Å². The summed E-state index contributed by atoms with van der Waals surface area (Å²) in [5.74, 6) is -0.283. The average molecular weight is 494 g/mol. The van der Waals surface area contributed by atoms with E-state index in [1.54, 1.807) is 54.4 Å². The molecule has 2 aromatic carbocycles. The number of aliphatic imine (C=N–C) groups is 3. The molecule has 0 aliphatic rings. The van der Waals surface area contributed by atoms with Gasteiger partial charge in [0.1, 0.15) is 29.1 Å². The van der Waals surface area contributed by atoms with Gasteiger partial charge in [-0.2, -0.15) is 5.26 Å². The van der Waals surface area contributed by atoms with Gasteiger partial charge < -0.3 is 27.4 Å². The molecule has 0 spiro atoms. The van der Waals surface area contributed by atoms with Gasteiger partial charge in [0, 0.05) is 18.3 Å². The van der Waals surface area contributed by atoms with Gasteiger partial charge in [0.25, 0.3) is 0 Å². The third-order valence-electron chi connectivity index (χ3n) is 4.74. The fourth-order valence-corrected chi connectivity index (χ4v) is 3.14. The predicted octanol–water partition coefficient (Wildman–Crippen LogP) is 1.72. The molecule has 2 aromatic rings. The van der Waals surface area contributed by atoms with Crippen LogP contribution in [0.25, 0.3) is 0 Å². The van der Waals surface area contributed by atoms with Gasteiger partial charge in [0.15, 0.2) is 6.29 Å². The van der Waals surface area contributed by atoms with Crippen LogP contribution in [-0.4, -0.2) is 50.8 Å². The van der Waals surface area contributed by atoms with Crippen molar-refractivity contribution < 1.29 is 9.59 Å². The minimum absolute atomic E-state index is 0.00243. The number of rotatable bonds is 10. The minimum Gasteiger partial charge on any atom is -0.383 e. The number of amidine groups is 2. The highest BCUT2D eigenvalue weighted by Gasteiger charge is 2.16. The molecule has 0 aliphatic carbocycles. The SMILES string of the molecule is C=N/C(NC/C(=N/c1cccc(Cl)c1C=O)N(C)c1cccc(C(N)=O)c1)=C(C#N)\C(N)=N/CN. The van der Waals surface area contributed by atoms with Crippen molar-refractivity contribution in [3.8, 4) is 6.07 Å². The molecule has 11 nitrogen and oxygen atoms in total. The number of carbonyl (C=O) groups is 2. The van der Waals surface area contributed by atoms with E-state index in [4.69, 9.17) is 28.8 Å². The predicted molar refractivity (Wildman–Crippen MR) is 138 cm³/mol. The Bertz CT molecular complexity index is 1260. The lowest BCUT2D eigenvalue weighted by Gasteiger charge is -2.23. The Hall–Kier alpha value is -4.53. The van der Waals surface area contributed by atoms with Gasteiger partial charge in [0.2, 0.25) is 5.91 Å². The van der Waals surface area contributed by atoms with E-state index < -0.39 is 5.91 Å². The molecular formula is C23H24ClN9O2. The molecule has 7 N–H and O–H groups in total. The zero-order chi connectivity index (χ0) is 26.0. The second-order valence-corrected chi connectivity index (χ2v) is 7.27. The fraction of sp³-hybridized carbons (Fsp3) is 0.130. The summed E-state index contributed by atoms with van der Waals surface area (Å²) in [5.41, 5.74) is 17.9. The van der Waals surface area contributed by atoms with E-state index in [9.17, 15) is 14.9 Å². The van der Waals surface area contributed by atoms with Gasteiger partial charge in [-0.1, -0.05) is 23.7 Å². The zero-order valence-corrected chi connectivity index (χ0v) is 19.7. The van der Waals surface area contributed by atoms with E-state index in [1.807, 2.05) is 6.07 Å². The lowest BCUT2D eigenvalue weighted by atomic mass is 10.1. The molecule has 0 aliphatic heterocycles. The molecule has 0 unspecified atom stereocenters. The third kappa shape index (κ3) is 6.73. The number of nitriles is 1. The monoisotopic (exact) mass is 493 g/mol. The average Bonchev–Trinajstić information content (AvgIpc) is 2.85. The van der Waals surface area contributed by atoms with Gasteiger partial charge in [0.05, 0.1) is 29.5 Å². The van der Waals surface area contributed by atoms with Gasteiger partial charge in [-0.25, -0.2) is 9.98 Å². The molecule has 0 atom stereocenters. The Balaban J connectivity index is 2.59. The topological polar surface area (TPSA) is 188 Å². The summed E-state index contributed by atoms with van der Waals surface area (Å²) in [4.78, 5) is 37.2. The second-order valence-electron chi connectivity index (χ2n) is 6.87. The molecule has 12 heteroatoms. The number of hydrogen-bond donors (Lipinski definition) is 4. The first-order valence-corrected chi connectivity index (χ1v) is 10.4. The Kier molecular flexibility index (Phi) is 9.65. The zero-order valence-electron chi connectivity index (χ0n) is 18.9. The van der Waals surface area contributed by atoms with Crippen LogP contribution in [0.15, 0.2) is 68.8 Å². The summed E-state index contributed by atoms with van der Waals surface area (Å²) in [5, 5.41) is 12.7. The van der Waals surface area contributed by atoms with Crippen molar-refractivity contribution >= 4 is 53.6 Å². The summed E-state index contributed by atoms with van der Waals surface area (Å²) >= 11 is 6.15. The van der Waals surface area contributed by atoms with Gasteiger partial charge in [-0.3, -0.25) is 14.6 Å². The Morgan fingerprint density at radius 1 is 1.29 bits per heavy atom. The number of halogens is 1. The van der Waals surface area contributed by atoms with E-state index in [0.717, 1.165) is 0 Å². The number of amides is 1. The number of carbonyl (C=O) groups excluding carboxylic acids is 2. The van der Waals surface area contributed by atoms with E-state index in [-0.39, 0.29) is 41.0 Å². The van der Waals surface area contributed by atoms with Crippen molar-refractivity contribution in [2.75, 3.05) is 25.2 Å². The molecule has 180 valence electrons. The number of benzene rings is 2. The molecule has 0 fully saturated rings. The third-order valence-corrected chi connectivity index (χ3v) is 5.07. The van der Waals surface area contributed by atoms with Crippen LogP contribution in [0.1, 0.15) is 20.7 Å². The molecular weight excluding hydrogens is 470 g/mol. The highest BCUT2D eigenvalue weighted by molar-refractivity contribution is 6.33. The first kappa shape index (κ1) is 26.7. The fourth-order valence-electron chi connectivity index (χ4n) is 2.92. The number of aldehydes is 1. The van der Waals surface area contributed by atoms with Gasteiger partial charge in [-0.15, -0.1) is 0 Å². The van der Waals surface area contributed by atoms with Crippen LogP contribution >= 0.6 is 11.6 Å². The minimum atomic E-state index is -0.593. The van der Waals surface area contributed by atoms with Crippen molar-refractivity contribution in [1.82, 2.24) is 5.32 Å². The maximum Gasteiger partial charge on any atom is 0.248 e. The molecule has 35 heavy (non-hydrogen) atoms. The quantitative estimate of drug-likeness (QED) is 0.167. The molecule has 0 saturated heterocycles. The number of nitrogens with one attached hydrogen (secondary N) is 1. The van der Waals surface area contributed by atoms with E-state index in [1.165, 1.54) is 0 Å². The first-order chi connectivity index (χ1) is 16.8. The van der Waals surface area contributed by atoms with Crippen LogP contribution in [0, 0.1) is 11.3 Å². The van der Waals surface area contributed by atoms with Crippen LogP contribution in [0.5, 0.6) is 0 Å². The highest BCUT2D eigenvalue weighted by Crippen LogP contribution is 2.26.